The highest BCUT2D eigenvalue weighted by molar-refractivity contribution is 7.93. The average Bonchev–Trinajstić information content (AvgIpc) is 3.52. The van der Waals surface area contributed by atoms with Gasteiger partial charge in [-0.1, -0.05) is 23.5 Å². The minimum atomic E-state index is -3.90. The SMILES string of the molecule is CN1CCN(CS(=O)(=O)Oc2cccc(C(=O)Nc3ncc(S(=O)(=O)CC/C=C/c4nncn4C)s3)c2)CC1. The second-order valence-electron chi connectivity index (χ2n) is 8.97. The van der Waals surface area contributed by atoms with Crippen LogP contribution in [0.3, 0.4) is 0 Å². The fourth-order valence-electron chi connectivity index (χ4n) is 3.65. The van der Waals surface area contributed by atoms with Gasteiger partial charge in [0.25, 0.3) is 5.91 Å². The molecule has 1 aromatic carbocycles. The summed E-state index contributed by atoms with van der Waals surface area (Å²) in [5, 5.41) is 10.3. The molecule has 0 unspecified atom stereocenters. The number of piperazine rings is 1. The highest BCUT2D eigenvalue weighted by Crippen LogP contribution is 2.25. The summed E-state index contributed by atoms with van der Waals surface area (Å²) in [4.78, 5) is 20.7. The number of aromatic nitrogens is 4. The first-order chi connectivity index (χ1) is 18.5. The molecule has 3 aromatic rings. The molecule has 4 rings (SSSR count). The van der Waals surface area contributed by atoms with Gasteiger partial charge in [-0.05, 0) is 37.7 Å². The summed E-state index contributed by atoms with van der Waals surface area (Å²) in [6.45, 7) is 2.77. The van der Waals surface area contributed by atoms with Crippen LogP contribution in [0.4, 0.5) is 5.13 Å². The van der Waals surface area contributed by atoms with Crippen molar-refractivity contribution in [1.29, 1.82) is 0 Å². The van der Waals surface area contributed by atoms with Crippen LogP contribution in [0.5, 0.6) is 5.75 Å². The zero-order chi connectivity index (χ0) is 28.0. The van der Waals surface area contributed by atoms with E-state index < -0.39 is 25.9 Å². The molecule has 0 spiro atoms. The molecule has 0 atom stereocenters. The van der Waals surface area contributed by atoms with Gasteiger partial charge in [0.05, 0.1) is 11.9 Å². The van der Waals surface area contributed by atoms with Gasteiger partial charge < -0.3 is 13.7 Å². The number of sulfone groups is 1. The van der Waals surface area contributed by atoms with Gasteiger partial charge in [-0.25, -0.2) is 13.4 Å². The maximum Gasteiger partial charge on any atom is 0.322 e. The van der Waals surface area contributed by atoms with Crippen molar-refractivity contribution in [2.24, 2.45) is 7.05 Å². The van der Waals surface area contributed by atoms with Crippen LogP contribution in [-0.4, -0.2) is 97.1 Å². The van der Waals surface area contributed by atoms with Gasteiger partial charge in [0.15, 0.2) is 20.8 Å². The number of nitrogens with zero attached hydrogens (tertiary/aromatic N) is 6. The second-order valence-corrected chi connectivity index (χ2v) is 13.9. The van der Waals surface area contributed by atoms with Crippen LogP contribution in [0, 0.1) is 0 Å². The molecule has 1 N–H and O–H groups in total. The molecular weight excluding hydrogens is 566 g/mol. The lowest BCUT2D eigenvalue weighted by atomic mass is 10.2. The van der Waals surface area contributed by atoms with E-state index in [1.165, 1.54) is 30.5 Å². The summed E-state index contributed by atoms with van der Waals surface area (Å²) in [6.07, 6.45) is 6.40. The molecule has 1 aliphatic rings. The van der Waals surface area contributed by atoms with Crippen molar-refractivity contribution >= 4 is 48.4 Å². The first-order valence-electron chi connectivity index (χ1n) is 11.9. The van der Waals surface area contributed by atoms with Crippen molar-refractivity contribution in [3.63, 3.8) is 0 Å². The number of rotatable bonds is 11. The molecule has 1 fully saturated rings. The van der Waals surface area contributed by atoms with Crippen LogP contribution in [0.15, 0.2) is 47.1 Å². The van der Waals surface area contributed by atoms with Crippen molar-refractivity contribution in [2.45, 2.75) is 10.6 Å². The third-order valence-corrected chi connectivity index (χ3v) is 10.2. The van der Waals surface area contributed by atoms with Crippen molar-refractivity contribution in [2.75, 3.05) is 50.2 Å². The Morgan fingerprint density at radius 3 is 2.64 bits per heavy atom. The van der Waals surface area contributed by atoms with E-state index in [1.807, 2.05) is 7.05 Å². The van der Waals surface area contributed by atoms with Gasteiger partial charge in [-0.3, -0.25) is 15.0 Å². The normalized spacial score (nSPS) is 15.5. The van der Waals surface area contributed by atoms with E-state index in [-0.39, 0.29) is 38.7 Å². The summed E-state index contributed by atoms with van der Waals surface area (Å²) in [6, 6.07) is 5.75. The average molecular weight is 596 g/mol. The van der Waals surface area contributed by atoms with Gasteiger partial charge >= 0.3 is 10.1 Å². The van der Waals surface area contributed by atoms with E-state index in [0.29, 0.717) is 18.9 Å². The monoisotopic (exact) mass is 595 g/mol. The highest BCUT2D eigenvalue weighted by atomic mass is 32.2. The molecule has 39 heavy (non-hydrogen) atoms. The summed E-state index contributed by atoms with van der Waals surface area (Å²) in [7, 11) is -3.76. The Hall–Kier alpha value is -3.18. The zero-order valence-corrected chi connectivity index (χ0v) is 23.9. The van der Waals surface area contributed by atoms with E-state index in [9.17, 15) is 21.6 Å². The van der Waals surface area contributed by atoms with Crippen molar-refractivity contribution in [3.8, 4) is 5.75 Å². The Labute approximate surface area is 231 Å². The largest absolute Gasteiger partial charge is 0.381 e. The molecule has 210 valence electrons. The maximum absolute atomic E-state index is 12.8. The smallest absolute Gasteiger partial charge is 0.322 e. The number of likely N-dealkylation sites (N-methyl/N-ethyl adjacent to an activating group) is 1. The number of amides is 1. The van der Waals surface area contributed by atoms with Crippen LogP contribution < -0.4 is 9.50 Å². The first-order valence-corrected chi connectivity index (χ1v) is 16.0. The van der Waals surface area contributed by atoms with Crippen molar-refractivity contribution < 1.29 is 25.8 Å². The number of aryl methyl sites for hydroxylation is 1. The van der Waals surface area contributed by atoms with Gasteiger partial charge in [0.2, 0.25) is 0 Å². The summed E-state index contributed by atoms with van der Waals surface area (Å²) in [5.41, 5.74) is 0.135. The Morgan fingerprint density at radius 2 is 1.92 bits per heavy atom. The fourth-order valence-corrected chi connectivity index (χ4v) is 7.20. The predicted molar refractivity (Wildman–Crippen MR) is 147 cm³/mol. The quantitative estimate of drug-likeness (QED) is 0.319. The topological polar surface area (TPSA) is 157 Å². The molecule has 0 aliphatic carbocycles. The zero-order valence-electron chi connectivity index (χ0n) is 21.4. The molecule has 13 nitrogen and oxygen atoms in total. The maximum atomic E-state index is 12.8. The van der Waals surface area contributed by atoms with E-state index >= 15 is 0 Å². The number of nitrogens with one attached hydrogen (secondary N) is 1. The number of carbonyl (C=O) groups excluding carboxylic acids is 1. The van der Waals surface area contributed by atoms with Crippen LogP contribution in [0.1, 0.15) is 22.6 Å². The number of carbonyl (C=O) groups is 1. The minimum Gasteiger partial charge on any atom is -0.381 e. The van der Waals surface area contributed by atoms with E-state index in [2.05, 4.69) is 25.4 Å². The summed E-state index contributed by atoms with van der Waals surface area (Å²) in [5.74, 6) is -0.351. The molecule has 0 saturated carbocycles. The number of benzene rings is 1. The first kappa shape index (κ1) is 28.8. The second kappa shape index (κ2) is 12.3. The van der Waals surface area contributed by atoms with Gasteiger partial charge in [-0.2, -0.15) is 8.42 Å². The molecule has 1 amide bonds. The third-order valence-electron chi connectivity index (χ3n) is 5.83. The molecule has 16 heteroatoms. The molecule has 1 saturated heterocycles. The number of anilines is 1. The Morgan fingerprint density at radius 1 is 1.15 bits per heavy atom. The van der Waals surface area contributed by atoms with Crippen LogP contribution in [0.25, 0.3) is 6.08 Å². The number of allylic oxidation sites excluding steroid dienone is 1. The van der Waals surface area contributed by atoms with E-state index in [0.717, 1.165) is 24.4 Å². The van der Waals surface area contributed by atoms with Crippen LogP contribution in [-0.2, 0) is 27.0 Å². The number of thiazole rings is 1. The van der Waals surface area contributed by atoms with E-state index in [1.54, 1.807) is 35.0 Å². The Kier molecular flexibility index (Phi) is 9.12. The summed E-state index contributed by atoms with van der Waals surface area (Å²) >= 11 is 0.837. The van der Waals surface area contributed by atoms with Crippen LogP contribution >= 0.6 is 11.3 Å². The summed E-state index contributed by atoms with van der Waals surface area (Å²) < 4.78 is 57.4. The van der Waals surface area contributed by atoms with Gasteiger partial charge in [0.1, 0.15) is 22.2 Å². The number of hydrogen-bond acceptors (Lipinski definition) is 12. The molecule has 0 bridgehead atoms. The number of hydrogen-bond donors (Lipinski definition) is 1. The molecule has 0 radical (unpaired) electrons. The van der Waals surface area contributed by atoms with Crippen molar-refractivity contribution in [1.82, 2.24) is 29.5 Å². The lowest BCUT2D eigenvalue weighted by Crippen LogP contribution is -2.46. The minimum absolute atomic E-state index is 0.00793. The lowest BCUT2D eigenvalue weighted by molar-refractivity contribution is 0.102. The highest BCUT2D eigenvalue weighted by Gasteiger charge is 2.23. The van der Waals surface area contributed by atoms with Gasteiger partial charge in [0, 0.05) is 38.8 Å². The Bertz CT molecular complexity index is 1540. The molecule has 2 aromatic heterocycles. The van der Waals surface area contributed by atoms with Crippen molar-refractivity contribution in [3.05, 3.63) is 54.3 Å². The fraction of sp³-hybridized carbons (Fsp3) is 0.391. The lowest BCUT2D eigenvalue weighted by Gasteiger charge is -2.31. The van der Waals surface area contributed by atoms with Gasteiger partial charge in [-0.15, -0.1) is 10.2 Å². The third kappa shape index (κ3) is 8.15. The molecule has 1 aliphatic heterocycles. The molecule has 3 heterocycles. The van der Waals surface area contributed by atoms with Crippen LogP contribution in [0.2, 0.25) is 0 Å². The molecular formula is C23H29N7O6S3. The van der Waals surface area contributed by atoms with E-state index in [4.69, 9.17) is 4.18 Å². The Balaban J connectivity index is 1.33. The standard InChI is InChI=1S/C23H29N7O6S3/c1-28-9-11-30(12-10-28)17-39(34,35)36-19-7-5-6-18(14-19)22(31)26-23-24-15-21(37-23)38(32,33)13-4-3-8-20-27-25-16-29(20)2/h3,5-8,14-16H,4,9-13,17H2,1-2H3,(H,24,26,31)/b8-3+. The predicted octanol–water partition coefficient (Wildman–Crippen LogP) is 1.31.